The maximum atomic E-state index is 5.69. The Morgan fingerprint density at radius 1 is 1.25 bits per heavy atom. The molecule has 108 valence electrons. The summed E-state index contributed by atoms with van der Waals surface area (Å²) in [6.45, 7) is 6.02. The molecule has 0 amide bonds. The fourth-order valence-corrected chi connectivity index (χ4v) is 2.66. The summed E-state index contributed by atoms with van der Waals surface area (Å²) in [6.07, 6.45) is 0. The molecule has 20 heavy (non-hydrogen) atoms. The van der Waals surface area contributed by atoms with Gasteiger partial charge in [-0.15, -0.1) is 10.2 Å². The highest BCUT2D eigenvalue weighted by Crippen LogP contribution is 2.17. The Hall–Kier alpha value is -1.53. The summed E-state index contributed by atoms with van der Waals surface area (Å²) in [4.78, 5) is 0. The SMILES string of the molecule is CCn1c(CN)nnc1SCCOc1ccc(C)cc1. The van der Waals surface area contributed by atoms with Gasteiger partial charge in [0.15, 0.2) is 5.16 Å². The van der Waals surface area contributed by atoms with Crippen molar-refractivity contribution in [2.75, 3.05) is 12.4 Å². The molecule has 0 aliphatic rings. The largest absolute Gasteiger partial charge is 0.493 e. The van der Waals surface area contributed by atoms with Gasteiger partial charge in [0.1, 0.15) is 11.6 Å². The maximum absolute atomic E-state index is 5.69. The molecule has 0 saturated carbocycles. The standard InChI is InChI=1S/C14H20N4OS/c1-3-18-13(10-15)16-17-14(18)20-9-8-19-12-6-4-11(2)5-7-12/h4-7H,3,8-10,15H2,1-2H3. The Bertz CT molecular complexity index is 539. The molecular formula is C14H20N4OS. The molecule has 5 nitrogen and oxygen atoms in total. The first-order valence-electron chi connectivity index (χ1n) is 6.69. The molecule has 0 aliphatic carbocycles. The summed E-state index contributed by atoms with van der Waals surface area (Å²) in [5.41, 5.74) is 6.86. The lowest BCUT2D eigenvalue weighted by molar-refractivity contribution is 0.343. The van der Waals surface area contributed by atoms with Crippen molar-refractivity contribution in [1.29, 1.82) is 0 Å². The van der Waals surface area contributed by atoms with Crippen molar-refractivity contribution in [2.24, 2.45) is 5.73 Å². The second kappa shape index (κ2) is 7.31. The van der Waals surface area contributed by atoms with Crippen LogP contribution in [0.3, 0.4) is 0 Å². The number of nitrogens with zero attached hydrogens (tertiary/aromatic N) is 3. The number of hydrogen-bond donors (Lipinski definition) is 1. The summed E-state index contributed by atoms with van der Waals surface area (Å²) < 4.78 is 7.72. The molecule has 0 bridgehead atoms. The minimum absolute atomic E-state index is 0.418. The van der Waals surface area contributed by atoms with Crippen LogP contribution >= 0.6 is 11.8 Å². The van der Waals surface area contributed by atoms with Gasteiger partial charge in [-0.05, 0) is 26.0 Å². The van der Waals surface area contributed by atoms with Crippen LogP contribution in [-0.4, -0.2) is 27.1 Å². The van der Waals surface area contributed by atoms with E-state index in [0.29, 0.717) is 13.2 Å². The minimum atomic E-state index is 0.418. The Morgan fingerprint density at radius 3 is 2.65 bits per heavy atom. The van der Waals surface area contributed by atoms with Crippen molar-refractivity contribution in [3.8, 4) is 5.75 Å². The molecule has 0 atom stereocenters. The maximum Gasteiger partial charge on any atom is 0.191 e. The average Bonchev–Trinajstić information content (AvgIpc) is 2.87. The zero-order chi connectivity index (χ0) is 14.4. The second-order valence-corrected chi connectivity index (χ2v) is 5.42. The smallest absolute Gasteiger partial charge is 0.191 e. The molecular weight excluding hydrogens is 272 g/mol. The number of rotatable bonds is 7. The molecule has 0 spiro atoms. The summed E-state index contributed by atoms with van der Waals surface area (Å²) in [7, 11) is 0. The zero-order valence-corrected chi connectivity index (χ0v) is 12.7. The van der Waals surface area contributed by atoms with E-state index < -0.39 is 0 Å². The van der Waals surface area contributed by atoms with Crippen molar-refractivity contribution in [3.63, 3.8) is 0 Å². The number of nitrogens with two attached hydrogens (primary N) is 1. The van der Waals surface area contributed by atoms with E-state index >= 15 is 0 Å². The van der Waals surface area contributed by atoms with E-state index in [1.807, 2.05) is 28.8 Å². The van der Waals surface area contributed by atoms with E-state index in [4.69, 9.17) is 10.5 Å². The molecule has 2 aromatic rings. The Kier molecular flexibility index (Phi) is 5.43. The third kappa shape index (κ3) is 3.74. The number of ether oxygens (including phenoxy) is 1. The quantitative estimate of drug-likeness (QED) is 0.626. The molecule has 2 rings (SSSR count). The predicted octanol–water partition coefficient (Wildman–Crippen LogP) is 2.24. The van der Waals surface area contributed by atoms with Gasteiger partial charge in [0.05, 0.1) is 13.2 Å². The van der Waals surface area contributed by atoms with E-state index in [1.165, 1.54) is 5.56 Å². The van der Waals surface area contributed by atoms with Crippen LogP contribution < -0.4 is 10.5 Å². The first kappa shape index (κ1) is 14.9. The highest BCUT2D eigenvalue weighted by Gasteiger charge is 2.09. The lowest BCUT2D eigenvalue weighted by atomic mass is 10.2. The van der Waals surface area contributed by atoms with Gasteiger partial charge in [-0.2, -0.15) is 0 Å². The van der Waals surface area contributed by atoms with Crippen molar-refractivity contribution in [1.82, 2.24) is 14.8 Å². The number of aryl methyl sites for hydroxylation is 1. The normalized spacial score (nSPS) is 10.8. The lowest BCUT2D eigenvalue weighted by Crippen LogP contribution is -2.08. The van der Waals surface area contributed by atoms with Gasteiger partial charge in [0.2, 0.25) is 0 Å². The van der Waals surface area contributed by atoms with Gasteiger partial charge in [-0.3, -0.25) is 0 Å². The van der Waals surface area contributed by atoms with Crippen LogP contribution in [0.15, 0.2) is 29.4 Å². The highest BCUT2D eigenvalue weighted by molar-refractivity contribution is 7.99. The Morgan fingerprint density at radius 2 is 2.00 bits per heavy atom. The molecule has 0 fully saturated rings. The molecule has 0 saturated heterocycles. The fraction of sp³-hybridized carbons (Fsp3) is 0.429. The highest BCUT2D eigenvalue weighted by atomic mass is 32.2. The van der Waals surface area contributed by atoms with Gasteiger partial charge >= 0.3 is 0 Å². The summed E-state index contributed by atoms with van der Waals surface area (Å²) in [5.74, 6) is 2.56. The molecule has 0 unspecified atom stereocenters. The van der Waals surface area contributed by atoms with Crippen LogP contribution in [0.1, 0.15) is 18.3 Å². The van der Waals surface area contributed by atoms with Gasteiger partial charge in [-0.25, -0.2) is 0 Å². The minimum Gasteiger partial charge on any atom is -0.493 e. The Balaban J connectivity index is 1.81. The van der Waals surface area contributed by atoms with Crippen LogP contribution in [0, 0.1) is 6.92 Å². The molecule has 1 heterocycles. The molecule has 0 aliphatic heterocycles. The first-order valence-corrected chi connectivity index (χ1v) is 7.67. The van der Waals surface area contributed by atoms with E-state index in [0.717, 1.165) is 29.0 Å². The Labute approximate surface area is 123 Å². The third-order valence-corrected chi connectivity index (χ3v) is 3.83. The number of thioether (sulfide) groups is 1. The van der Waals surface area contributed by atoms with Gasteiger partial charge < -0.3 is 15.0 Å². The first-order chi connectivity index (χ1) is 9.74. The van der Waals surface area contributed by atoms with E-state index in [9.17, 15) is 0 Å². The molecule has 1 aromatic carbocycles. The number of benzene rings is 1. The van der Waals surface area contributed by atoms with Crippen LogP contribution in [0.5, 0.6) is 5.75 Å². The van der Waals surface area contributed by atoms with Gasteiger partial charge in [0.25, 0.3) is 0 Å². The molecule has 0 radical (unpaired) electrons. The van der Waals surface area contributed by atoms with Crippen LogP contribution in [0.2, 0.25) is 0 Å². The van der Waals surface area contributed by atoms with Crippen LogP contribution in [0.4, 0.5) is 0 Å². The monoisotopic (exact) mass is 292 g/mol. The van der Waals surface area contributed by atoms with Gasteiger partial charge in [-0.1, -0.05) is 29.5 Å². The number of hydrogen-bond acceptors (Lipinski definition) is 5. The summed E-state index contributed by atoms with van der Waals surface area (Å²) >= 11 is 1.64. The fourth-order valence-electron chi connectivity index (χ4n) is 1.82. The topological polar surface area (TPSA) is 66.0 Å². The van der Waals surface area contributed by atoms with Crippen molar-refractivity contribution >= 4 is 11.8 Å². The third-order valence-electron chi connectivity index (χ3n) is 2.90. The second-order valence-electron chi connectivity index (χ2n) is 4.36. The van der Waals surface area contributed by atoms with Crippen molar-refractivity contribution in [2.45, 2.75) is 32.1 Å². The lowest BCUT2D eigenvalue weighted by Gasteiger charge is -2.07. The van der Waals surface area contributed by atoms with E-state index in [2.05, 4.69) is 24.0 Å². The van der Waals surface area contributed by atoms with E-state index in [-0.39, 0.29) is 0 Å². The molecule has 6 heteroatoms. The summed E-state index contributed by atoms with van der Waals surface area (Å²) in [5, 5.41) is 9.14. The predicted molar refractivity (Wildman–Crippen MR) is 81.0 cm³/mol. The molecule has 1 aromatic heterocycles. The zero-order valence-electron chi connectivity index (χ0n) is 11.9. The van der Waals surface area contributed by atoms with Crippen LogP contribution in [0.25, 0.3) is 0 Å². The number of aromatic nitrogens is 3. The van der Waals surface area contributed by atoms with Crippen molar-refractivity contribution in [3.05, 3.63) is 35.7 Å². The molecule has 2 N–H and O–H groups in total. The summed E-state index contributed by atoms with van der Waals surface area (Å²) in [6, 6.07) is 8.07. The average molecular weight is 292 g/mol. The van der Waals surface area contributed by atoms with Gasteiger partial charge in [0, 0.05) is 12.3 Å². The van der Waals surface area contributed by atoms with Crippen LogP contribution in [-0.2, 0) is 13.1 Å². The van der Waals surface area contributed by atoms with Crippen molar-refractivity contribution < 1.29 is 4.74 Å². The van der Waals surface area contributed by atoms with E-state index in [1.54, 1.807) is 11.8 Å².